The second-order valence-electron chi connectivity index (χ2n) is 9.30. The molecule has 0 fully saturated rings. The maximum absolute atomic E-state index is 13.6. The molecule has 0 aromatic heterocycles. The van der Waals surface area contributed by atoms with Crippen molar-refractivity contribution in [2.75, 3.05) is 20.9 Å². The molecule has 1 amide bonds. The fourth-order valence-corrected chi connectivity index (χ4v) is 6.86. The minimum Gasteiger partial charge on any atom is -0.325 e. The van der Waals surface area contributed by atoms with Crippen LogP contribution >= 0.6 is 0 Å². The number of carbonyl (C=O) groups is 1. The molecular formula is C30H31N3O5S2. The van der Waals surface area contributed by atoms with Gasteiger partial charge in [0, 0.05) is 5.69 Å². The monoisotopic (exact) mass is 577 g/mol. The average molecular weight is 578 g/mol. The van der Waals surface area contributed by atoms with E-state index in [0.717, 1.165) is 21.0 Å². The highest BCUT2D eigenvalue weighted by Gasteiger charge is 2.28. The van der Waals surface area contributed by atoms with Crippen LogP contribution in [0.5, 0.6) is 0 Å². The number of amides is 1. The van der Waals surface area contributed by atoms with E-state index in [1.165, 1.54) is 36.4 Å². The molecule has 0 aliphatic rings. The predicted octanol–water partition coefficient (Wildman–Crippen LogP) is 5.50. The molecule has 0 saturated heterocycles. The van der Waals surface area contributed by atoms with Gasteiger partial charge >= 0.3 is 0 Å². The summed E-state index contributed by atoms with van der Waals surface area (Å²) < 4.78 is 56.7. The third kappa shape index (κ3) is 6.52. The molecule has 0 aliphatic heterocycles. The molecule has 4 aromatic carbocycles. The summed E-state index contributed by atoms with van der Waals surface area (Å²) in [7, 11) is -7.91. The van der Waals surface area contributed by atoms with Crippen molar-refractivity contribution in [3.63, 3.8) is 0 Å². The van der Waals surface area contributed by atoms with Gasteiger partial charge in [0.05, 0.1) is 21.2 Å². The first-order valence-corrected chi connectivity index (χ1v) is 15.6. The Morgan fingerprint density at radius 3 is 2.08 bits per heavy atom. The average Bonchev–Trinajstić information content (AvgIpc) is 2.94. The van der Waals surface area contributed by atoms with Crippen LogP contribution in [0.1, 0.15) is 23.6 Å². The lowest BCUT2D eigenvalue weighted by Gasteiger charge is -2.26. The number of hydrogen-bond donors (Lipinski definition) is 2. The maximum atomic E-state index is 13.6. The zero-order chi connectivity index (χ0) is 28.9. The molecule has 0 spiro atoms. The van der Waals surface area contributed by atoms with Crippen molar-refractivity contribution in [3.05, 3.63) is 114 Å². The number of nitrogens with one attached hydrogen (secondary N) is 2. The van der Waals surface area contributed by atoms with Crippen LogP contribution in [0.15, 0.2) is 107 Å². The highest BCUT2D eigenvalue weighted by atomic mass is 32.2. The van der Waals surface area contributed by atoms with Gasteiger partial charge in [0.2, 0.25) is 5.91 Å². The lowest BCUT2D eigenvalue weighted by atomic mass is 10.1. The molecule has 0 bridgehead atoms. The van der Waals surface area contributed by atoms with Crippen LogP contribution in [0.4, 0.5) is 17.1 Å². The molecule has 0 heterocycles. The van der Waals surface area contributed by atoms with Gasteiger partial charge in [-0.2, -0.15) is 0 Å². The summed E-state index contributed by atoms with van der Waals surface area (Å²) >= 11 is 0. The van der Waals surface area contributed by atoms with Crippen molar-refractivity contribution >= 4 is 43.0 Å². The summed E-state index contributed by atoms with van der Waals surface area (Å²) in [6, 6.07) is 26.1. The molecule has 0 unspecified atom stereocenters. The van der Waals surface area contributed by atoms with E-state index >= 15 is 0 Å². The van der Waals surface area contributed by atoms with Gasteiger partial charge < -0.3 is 5.32 Å². The van der Waals surface area contributed by atoms with Gasteiger partial charge in [0.15, 0.2) is 0 Å². The van der Waals surface area contributed by atoms with Gasteiger partial charge in [-0.15, -0.1) is 0 Å². The van der Waals surface area contributed by atoms with E-state index in [1.807, 2.05) is 45.0 Å². The van der Waals surface area contributed by atoms with Crippen LogP contribution in [0.3, 0.4) is 0 Å². The van der Waals surface area contributed by atoms with E-state index in [-0.39, 0.29) is 9.79 Å². The fraction of sp³-hybridized carbons (Fsp3) is 0.167. The number of aryl methyl sites for hydroxylation is 3. The maximum Gasteiger partial charge on any atom is 0.264 e. The van der Waals surface area contributed by atoms with Crippen LogP contribution in [0.25, 0.3) is 0 Å². The van der Waals surface area contributed by atoms with Crippen LogP contribution in [0.2, 0.25) is 0 Å². The normalized spacial score (nSPS) is 11.6. The van der Waals surface area contributed by atoms with Crippen LogP contribution in [-0.4, -0.2) is 29.3 Å². The number of para-hydroxylation sites is 1. The predicted molar refractivity (Wildman–Crippen MR) is 159 cm³/mol. The third-order valence-corrected chi connectivity index (χ3v) is 9.49. The Hall–Kier alpha value is -4.15. The minimum absolute atomic E-state index is 0.0237. The van der Waals surface area contributed by atoms with Gasteiger partial charge in [0.25, 0.3) is 20.0 Å². The minimum atomic E-state index is -4.05. The van der Waals surface area contributed by atoms with E-state index in [1.54, 1.807) is 36.4 Å². The number of rotatable bonds is 10. The summed E-state index contributed by atoms with van der Waals surface area (Å²) in [5.41, 5.74) is 3.83. The third-order valence-electron chi connectivity index (χ3n) is 6.33. The fourth-order valence-electron chi connectivity index (χ4n) is 4.25. The van der Waals surface area contributed by atoms with Crippen LogP contribution < -0.4 is 14.3 Å². The van der Waals surface area contributed by atoms with Crippen molar-refractivity contribution in [2.24, 2.45) is 0 Å². The highest BCUT2D eigenvalue weighted by Crippen LogP contribution is 2.28. The van der Waals surface area contributed by atoms with E-state index in [9.17, 15) is 21.6 Å². The second kappa shape index (κ2) is 11.9. The van der Waals surface area contributed by atoms with E-state index in [2.05, 4.69) is 10.0 Å². The van der Waals surface area contributed by atoms with E-state index < -0.39 is 32.5 Å². The molecule has 0 radical (unpaired) electrons. The van der Waals surface area contributed by atoms with Gasteiger partial charge in [-0.05, 0) is 79.9 Å². The largest absolute Gasteiger partial charge is 0.325 e. The Balaban J connectivity index is 1.55. The van der Waals surface area contributed by atoms with Crippen LogP contribution in [-0.2, 0) is 31.3 Å². The summed E-state index contributed by atoms with van der Waals surface area (Å²) in [4.78, 5) is 13.2. The molecular weight excluding hydrogens is 546 g/mol. The lowest BCUT2D eigenvalue weighted by molar-refractivity contribution is -0.114. The van der Waals surface area contributed by atoms with Crippen molar-refractivity contribution in [1.29, 1.82) is 0 Å². The summed E-state index contributed by atoms with van der Waals surface area (Å²) in [6.07, 6.45) is 0.574. The standard InChI is InChI=1S/C30H31N3O5S2/c1-4-24-10-8-9-13-29(24)33(40(37,38)27-11-6-5-7-12-27)21-30(34)31-25-15-17-26(18-16-25)39(35,36)32-28-19-14-22(2)20-23(28)3/h5-20,32H,4,21H2,1-3H3,(H,31,34). The van der Waals surface area contributed by atoms with Gasteiger partial charge in [-0.3, -0.25) is 13.8 Å². The van der Waals surface area contributed by atoms with Crippen molar-refractivity contribution in [2.45, 2.75) is 37.0 Å². The van der Waals surface area contributed by atoms with Crippen molar-refractivity contribution in [1.82, 2.24) is 0 Å². The molecule has 4 rings (SSSR count). The lowest BCUT2D eigenvalue weighted by Crippen LogP contribution is -2.38. The first kappa shape index (κ1) is 28.8. The number of sulfonamides is 2. The number of nitrogens with zero attached hydrogens (tertiary/aromatic N) is 1. The smallest absolute Gasteiger partial charge is 0.264 e. The first-order valence-electron chi connectivity index (χ1n) is 12.7. The van der Waals surface area contributed by atoms with Crippen molar-refractivity contribution < 1.29 is 21.6 Å². The number of carbonyl (C=O) groups excluding carboxylic acids is 1. The molecule has 0 saturated carbocycles. The number of hydrogen-bond acceptors (Lipinski definition) is 5. The summed E-state index contributed by atoms with van der Waals surface area (Å²) in [6.45, 7) is 5.19. The molecule has 4 aromatic rings. The molecule has 10 heteroatoms. The Kier molecular flexibility index (Phi) is 8.61. The molecule has 40 heavy (non-hydrogen) atoms. The molecule has 2 N–H and O–H groups in total. The quantitative estimate of drug-likeness (QED) is 0.258. The van der Waals surface area contributed by atoms with Crippen LogP contribution in [0, 0.1) is 13.8 Å². The van der Waals surface area contributed by atoms with Gasteiger partial charge in [-0.25, -0.2) is 16.8 Å². The Labute approximate surface area is 235 Å². The highest BCUT2D eigenvalue weighted by molar-refractivity contribution is 7.93. The zero-order valence-electron chi connectivity index (χ0n) is 22.5. The Morgan fingerprint density at radius 1 is 0.775 bits per heavy atom. The van der Waals surface area contributed by atoms with E-state index in [4.69, 9.17) is 0 Å². The first-order chi connectivity index (χ1) is 19.0. The molecule has 0 atom stereocenters. The van der Waals surface area contributed by atoms with Gasteiger partial charge in [-0.1, -0.05) is 61.0 Å². The number of anilines is 3. The summed E-state index contributed by atoms with van der Waals surface area (Å²) in [5, 5.41) is 2.69. The van der Waals surface area contributed by atoms with Crippen molar-refractivity contribution in [3.8, 4) is 0 Å². The topological polar surface area (TPSA) is 113 Å². The molecule has 8 nitrogen and oxygen atoms in total. The Bertz CT molecular complexity index is 1720. The SMILES string of the molecule is CCc1ccccc1N(CC(=O)Nc1ccc(S(=O)(=O)Nc2ccc(C)cc2C)cc1)S(=O)(=O)c1ccccc1. The van der Waals surface area contributed by atoms with E-state index in [0.29, 0.717) is 23.5 Å². The second-order valence-corrected chi connectivity index (χ2v) is 12.8. The Morgan fingerprint density at radius 2 is 1.43 bits per heavy atom. The molecule has 0 aliphatic carbocycles. The number of benzene rings is 4. The zero-order valence-corrected chi connectivity index (χ0v) is 24.1. The summed E-state index contributed by atoms with van der Waals surface area (Å²) in [5.74, 6) is -0.575. The van der Waals surface area contributed by atoms with Gasteiger partial charge in [0.1, 0.15) is 6.54 Å². The molecule has 208 valence electrons.